The van der Waals surface area contributed by atoms with Gasteiger partial charge in [0.05, 0.1) is 6.04 Å². The average molecular weight is 272 g/mol. The van der Waals surface area contributed by atoms with E-state index in [1.165, 1.54) is 16.8 Å². The van der Waals surface area contributed by atoms with Crippen molar-refractivity contribution in [3.05, 3.63) is 52.2 Å². The number of hydrogen-bond donors (Lipinski definition) is 0. The lowest BCUT2D eigenvalue weighted by Gasteiger charge is -2.34. The number of nitrogens with zero attached hydrogens (tertiary/aromatic N) is 4. The van der Waals surface area contributed by atoms with Gasteiger partial charge in [-0.2, -0.15) is 5.10 Å². The number of fused-ring (bicyclic) bond motifs is 1. The minimum absolute atomic E-state index is 0.00489. The van der Waals surface area contributed by atoms with E-state index < -0.39 is 0 Å². The number of aryl methyl sites for hydroxylation is 1. The van der Waals surface area contributed by atoms with Crippen molar-refractivity contribution in [2.24, 2.45) is 7.05 Å². The van der Waals surface area contributed by atoms with Crippen molar-refractivity contribution in [1.82, 2.24) is 19.2 Å². The van der Waals surface area contributed by atoms with Crippen LogP contribution in [0.2, 0.25) is 0 Å². The Balaban J connectivity index is 1.92. The summed E-state index contributed by atoms with van der Waals surface area (Å²) in [6.45, 7) is 3.43. The third-order valence-corrected chi connectivity index (χ3v) is 3.78. The van der Waals surface area contributed by atoms with Gasteiger partial charge in [-0.15, -0.1) is 0 Å². The fourth-order valence-corrected chi connectivity index (χ4v) is 2.62. The van der Waals surface area contributed by atoms with Gasteiger partial charge in [-0.25, -0.2) is 4.68 Å². The molecule has 0 spiro atoms. The Kier molecular flexibility index (Phi) is 2.93. The summed E-state index contributed by atoms with van der Waals surface area (Å²) in [5, 5.41) is 4.03. The molecule has 1 amide bonds. The van der Waals surface area contributed by atoms with Crippen LogP contribution in [0.25, 0.3) is 0 Å². The molecule has 20 heavy (non-hydrogen) atoms. The van der Waals surface area contributed by atoms with Crippen LogP contribution < -0.4 is 5.56 Å². The summed E-state index contributed by atoms with van der Waals surface area (Å²) in [7, 11) is 1.55. The molecule has 6 heteroatoms. The molecule has 0 aliphatic carbocycles. The minimum atomic E-state index is -0.220. The highest BCUT2D eigenvalue weighted by Crippen LogP contribution is 2.26. The first-order chi connectivity index (χ1) is 9.58. The van der Waals surface area contributed by atoms with Crippen LogP contribution in [0.15, 0.2) is 35.3 Å². The molecule has 3 rings (SSSR count). The highest BCUT2D eigenvalue weighted by Gasteiger charge is 2.28. The number of carbonyl (C=O) groups excluding carboxylic acids is 1. The smallest absolute Gasteiger partial charge is 0.274 e. The van der Waals surface area contributed by atoms with Crippen molar-refractivity contribution in [3.8, 4) is 0 Å². The third-order valence-electron chi connectivity index (χ3n) is 3.78. The number of rotatable bonds is 1. The van der Waals surface area contributed by atoms with Crippen LogP contribution in [0.4, 0.5) is 0 Å². The second-order valence-electron chi connectivity index (χ2n) is 4.98. The Hall–Kier alpha value is -2.37. The molecular weight excluding hydrogens is 256 g/mol. The van der Waals surface area contributed by atoms with Gasteiger partial charge in [0, 0.05) is 38.1 Å². The molecule has 104 valence electrons. The second-order valence-corrected chi connectivity index (χ2v) is 4.98. The molecule has 0 aromatic carbocycles. The zero-order valence-corrected chi connectivity index (χ0v) is 11.5. The third kappa shape index (κ3) is 1.93. The van der Waals surface area contributed by atoms with E-state index in [1.54, 1.807) is 11.9 Å². The minimum Gasteiger partial charge on any atom is -0.348 e. The van der Waals surface area contributed by atoms with E-state index in [9.17, 15) is 9.59 Å². The molecule has 1 aliphatic rings. The summed E-state index contributed by atoms with van der Waals surface area (Å²) in [4.78, 5) is 25.7. The van der Waals surface area contributed by atoms with Crippen molar-refractivity contribution in [1.29, 1.82) is 0 Å². The highest BCUT2D eigenvalue weighted by atomic mass is 16.2. The first-order valence-corrected chi connectivity index (χ1v) is 6.58. The number of hydrogen-bond acceptors (Lipinski definition) is 3. The van der Waals surface area contributed by atoms with Crippen molar-refractivity contribution >= 4 is 5.91 Å². The van der Waals surface area contributed by atoms with Gasteiger partial charge in [-0.05, 0) is 25.1 Å². The van der Waals surface area contributed by atoms with E-state index >= 15 is 0 Å². The Labute approximate surface area is 116 Å². The van der Waals surface area contributed by atoms with Gasteiger partial charge in [-0.3, -0.25) is 9.59 Å². The maximum absolute atomic E-state index is 12.5. The predicted octanol–water partition coefficient (Wildman–Crippen LogP) is 0.799. The van der Waals surface area contributed by atoms with E-state index in [4.69, 9.17) is 0 Å². The quantitative estimate of drug-likeness (QED) is 0.771. The van der Waals surface area contributed by atoms with Gasteiger partial charge in [-0.1, -0.05) is 0 Å². The SMILES string of the molecule is CC1c2cccn2CCN1C(=O)c1ccc(=O)n(C)n1. The van der Waals surface area contributed by atoms with Crippen LogP contribution in [0, 0.1) is 0 Å². The number of aromatic nitrogens is 3. The van der Waals surface area contributed by atoms with Crippen LogP contribution >= 0.6 is 0 Å². The zero-order chi connectivity index (χ0) is 14.3. The van der Waals surface area contributed by atoms with Gasteiger partial charge in [0.1, 0.15) is 5.69 Å². The summed E-state index contributed by atoms with van der Waals surface area (Å²) in [5.74, 6) is -0.138. The molecule has 0 N–H and O–H groups in total. The molecule has 6 nitrogen and oxygen atoms in total. The Morgan fingerprint density at radius 1 is 1.30 bits per heavy atom. The topological polar surface area (TPSA) is 60.1 Å². The first-order valence-electron chi connectivity index (χ1n) is 6.58. The van der Waals surface area contributed by atoms with Gasteiger partial charge >= 0.3 is 0 Å². The standard InChI is InChI=1S/C14H16N4O2/c1-10-12-4-3-7-17(12)8-9-18(10)14(20)11-5-6-13(19)16(2)15-11/h3-7,10H,8-9H2,1-2H3. The molecule has 0 bridgehead atoms. The van der Waals surface area contributed by atoms with Crippen molar-refractivity contribution < 1.29 is 4.79 Å². The molecule has 1 unspecified atom stereocenters. The van der Waals surface area contributed by atoms with Gasteiger partial charge < -0.3 is 9.47 Å². The molecule has 1 atom stereocenters. The molecule has 2 aromatic heterocycles. The van der Waals surface area contributed by atoms with E-state index in [2.05, 4.69) is 9.67 Å². The first kappa shape index (κ1) is 12.7. The molecule has 0 saturated carbocycles. The zero-order valence-electron chi connectivity index (χ0n) is 11.5. The lowest BCUT2D eigenvalue weighted by molar-refractivity contribution is 0.0635. The summed E-state index contributed by atoms with van der Waals surface area (Å²) < 4.78 is 3.34. The van der Waals surface area contributed by atoms with E-state index in [1.807, 2.05) is 25.3 Å². The summed E-state index contributed by atoms with van der Waals surface area (Å²) >= 11 is 0. The normalized spacial score (nSPS) is 17.9. The maximum Gasteiger partial charge on any atom is 0.274 e. The maximum atomic E-state index is 12.5. The van der Waals surface area contributed by atoms with Crippen molar-refractivity contribution in [3.63, 3.8) is 0 Å². The van der Waals surface area contributed by atoms with E-state index in [-0.39, 0.29) is 17.5 Å². The van der Waals surface area contributed by atoms with Gasteiger partial charge in [0.2, 0.25) is 0 Å². The average Bonchev–Trinajstić information content (AvgIpc) is 2.91. The fourth-order valence-electron chi connectivity index (χ4n) is 2.62. The number of carbonyl (C=O) groups is 1. The lowest BCUT2D eigenvalue weighted by Crippen LogP contribution is -2.41. The van der Waals surface area contributed by atoms with Crippen molar-refractivity contribution in [2.45, 2.75) is 19.5 Å². The molecule has 3 heterocycles. The Morgan fingerprint density at radius 3 is 2.85 bits per heavy atom. The molecule has 0 fully saturated rings. The summed E-state index contributed by atoms with van der Waals surface area (Å²) in [5.41, 5.74) is 1.20. The molecule has 2 aromatic rings. The molecular formula is C14H16N4O2. The van der Waals surface area contributed by atoms with Crippen LogP contribution in [0.1, 0.15) is 29.1 Å². The van der Waals surface area contributed by atoms with Crippen LogP contribution in [0.5, 0.6) is 0 Å². The largest absolute Gasteiger partial charge is 0.348 e. The molecule has 1 aliphatic heterocycles. The van der Waals surface area contributed by atoms with Crippen LogP contribution in [-0.4, -0.2) is 31.7 Å². The Morgan fingerprint density at radius 2 is 2.10 bits per heavy atom. The van der Waals surface area contributed by atoms with Gasteiger partial charge in [0.25, 0.3) is 11.5 Å². The van der Waals surface area contributed by atoms with Crippen LogP contribution in [0.3, 0.4) is 0 Å². The summed E-state index contributed by atoms with van der Waals surface area (Å²) in [6.07, 6.45) is 2.03. The van der Waals surface area contributed by atoms with Gasteiger partial charge in [0.15, 0.2) is 0 Å². The van der Waals surface area contributed by atoms with Crippen molar-refractivity contribution in [2.75, 3.05) is 6.54 Å². The summed E-state index contributed by atoms with van der Waals surface area (Å²) in [6, 6.07) is 6.88. The molecule has 0 radical (unpaired) electrons. The fraction of sp³-hybridized carbons (Fsp3) is 0.357. The lowest BCUT2D eigenvalue weighted by atomic mass is 10.1. The predicted molar refractivity (Wildman–Crippen MR) is 73.4 cm³/mol. The second kappa shape index (κ2) is 4.63. The van der Waals surface area contributed by atoms with E-state index in [0.29, 0.717) is 12.2 Å². The number of amides is 1. The van der Waals surface area contributed by atoms with E-state index in [0.717, 1.165) is 12.2 Å². The monoisotopic (exact) mass is 272 g/mol. The highest BCUT2D eigenvalue weighted by molar-refractivity contribution is 5.92. The molecule has 0 saturated heterocycles. The van der Waals surface area contributed by atoms with Crippen LogP contribution in [-0.2, 0) is 13.6 Å². The Bertz CT molecular complexity index is 716.